The van der Waals surface area contributed by atoms with Gasteiger partial charge in [-0.25, -0.2) is 0 Å². The fraction of sp³-hybridized carbons (Fsp3) is 0.923. The molecular weight excluding hydrogens is 330 g/mol. The molecule has 0 aromatic carbocycles. The fourth-order valence-corrected chi connectivity index (χ4v) is 3.11. The Bertz CT molecular complexity index is 431. The molecular formula is C13H18F6N2O2. The summed E-state index contributed by atoms with van der Waals surface area (Å²) in [7, 11) is 0. The molecule has 2 aliphatic heterocycles. The zero-order valence-electron chi connectivity index (χ0n) is 12.2. The van der Waals surface area contributed by atoms with Crippen molar-refractivity contribution in [1.82, 2.24) is 4.90 Å². The minimum Gasteiger partial charge on any atom is -0.381 e. The van der Waals surface area contributed by atoms with Crippen molar-refractivity contribution < 1.29 is 35.9 Å². The van der Waals surface area contributed by atoms with Crippen molar-refractivity contribution in [2.45, 2.75) is 37.7 Å². The summed E-state index contributed by atoms with van der Waals surface area (Å²) >= 11 is 0. The van der Waals surface area contributed by atoms with Crippen LogP contribution >= 0.6 is 0 Å². The van der Waals surface area contributed by atoms with Crippen molar-refractivity contribution in [1.29, 1.82) is 0 Å². The number of ether oxygens (including phenoxy) is 1. The average Bonchev–Trinajstić information content (AvgIpc) is 2.92. The van der Waals surface area contributed by atoms with Crippen LogP contribution in [0.3, 0.4) is 0 Å². The Hall–Kier alpha value is -1.03. The van der Waals surface area contributed by atoms with Gasteiger partial charge >= 0.3 is 12.4 Å². The highest BCUT2D eigenvalue weighted by Gasteiger charge is 2.73. The van der Waals surface area contributed by atoms with Crippen molar-refractivity contribution in [3.8, 4) is 0 Å². The van der Waals surface area contributed by atoms with Crippen LogP contribution in [0.25, 0.3) is 0 Å². The third-order valence-electron chi connectivity index (χ3n) is 4.73. The van der Waals surface area contributed by atoms with E-state index < -0.39 is 49.2 Å². The number of amides is 1. The third kappa shape index (κ3) is 3.28. The molecule has 2 rings (SSSR count). The topological polar surface area (TPSA) is 55.6 Å². The van der Waals surface area contributed by atoms with Gasteiger partial charge in [0.1, 0.15) is 0 Å². The van der Waals surface area contributed by atoms with Gasteiger partial charge in [-0.1, -0.05) is 0 Å². The summed E-state index contributed by atoms with van der Waals surface area (Å²) in [5.41, 5.74) is 1.90. The van der Waals surface area contributed by atoms with Crippen molar-refractivity contribution >= 4 is 5.91 Å². The summed E-state index contributed by atoms with van der Waals surface area (Å²) in [6, 6.07) is -1.10. The minimum absolute atomic E-state index is 0.289. The molecule has 2 saturated heterocycles. The highest BCUT2D eigenvalue weighted by atomic mass is 19.4. The van der Waals surface area contributed by atoms with Gasteiger partial charge < -0.3 is 15.4 Å². The van der Waals surface area contributed by atoms with E-state index in [1.807, 2.05) is 0 Å². The van der Waals surface area contributed by atoms with E-state index in [1.54, 1.807) is 0 Å². The Morgan fingerprint density at radius 3 is 2.09 bits per heavy atom. The molecule has 0 saturated carbocycles. The number of hydrogen-bond donors (Lipinski definition) is 1. The van der Waals surface area contributed by atoms with E-state index in [1.165, 1.54) is 0 Å². The molecule has 134 valence electrons. The lowest BCUT2D eigenvalue weighted by atomic mass is 9.85. The van der Waals surface area contributed by atoms with Crippen molar-refractivity contribution in [3.63, 3.8) is 0 Å². The van der Waals surface area contributed by atoms with Gasteiger partial charge in [-0.2, -0.15) is 26.3 Å². The predicted octanol–water partition coefficient (Wildman–Crippen LogP) is 2.08. The van der Waals surface area contributed by atoms with Crippen molar-refractivity contribution in [2.24, 2.45) is 17.1 Å². The summed E-state index contributed by atoms with van der Waals surface area (Å²) in [5.74, 6) is -1.14. The van der Waals surface area contributed by atoms with Crippen molar-refractivity contribution in [2.75, 3.05) is 26.3 Å². The summed E-state index contributed by atoms with van der Waals surface area (Å²) in [4.78, 5) is 12.8. The van der Waals surface area contributed by atoms with Crippen LogP contribution in [-0.2, 0) is 9.53 Å². The lowest BCUT2D eigenvalue weighted by molar-refractivity contribution is -0.334. The standard InChI is InChI=1S/C13H18F6N2O2/c14-12(15,16)11(13(17,18)19)3-4-21(7-11)10(22)9(20)8-1-5-23-6-2-8/h8-9H,1-7,20H2/t9-/m0/s1. The monoisotopic (exact) mass is 348 g/mol. The highest BCUT2D eigenvalue weighted by molar-refractivity contribution is 5.82. The van der Waals surface area contributed by atoms with E-state index in [4.69, 9.17) is 10.5 Å². The minimum atomic E-state index is -5.47. The molecule has 0 aromatic heterocycles. The number of rotatable bonds is 2. The van der Waals surface area contributed by atoms with E-state index in [0.717, 1.165) is 0 Å². The van der Waals surface area contributed by atoms with Crippen LogP contribution in [0.1, 0.15) is 19.3 Å². The van der Waals surface area contributed by atoms with E-state index >= 15 is 0 Å². The molecule has 10 heteroatoms. The van der Waals surface area contributed by atoms with Crippen molar-refractivity contribution in [3.05, 3.63) is 0 Å². The second-order valence-corrected chi connectivity index (χ2v) is 6.06. The normalized spacial score (nSPS) is 24.7. The molecule has 1 atom stereocenters. The maximum Gasteiger partial charge on any atom is 0.404 e. The van der Waals surface area contributed by atoms with Crippen LogP contribution in [0, 0.1) is 11.3 Å². The van der Waals surface area contributed by atoms with Gasteiger partial charge in [0.15, 0.2) is 5.41 Å². The summed E-state index contributed by atoms with van der Waals surface area (Å²) in [6.07, 6.45) is -11.2. The van der Waals surface area contributed by atoms with Gasteiger partial charge in [-0.15, -0.1) is 0 Å². The second-order valence-electron chi connectivity index (χ2n) is 6.06. The Kier molecular flexibility index (Phi) is 4.87. The van der Waals surface area contributed by atoms with Crippen LogP contribution in [0.5, 0.6) is 0 Å². The second kappa shape index (κ2) is 6.12. The van der Waals surface area contributed by atoms with Gasteiger partial charge in [0.2, 0.25) is 5.91 Å². The Morgan fingerprint density at radius 2 is 1.65 bits per heavy atom. The molecule has 4 nitrogen and oxygen atoms in total. The van der Waals surface area contributed by atoms with Gasteiger partial charge in [-0.05, 0) is 25.2 Å². The first kappa shape index (κ1) is 18.3. The molecule has 1 amide bonds. The zero-order valence-corrected chi connectivity index (χ0v) is 12.2. The summed E-state index contributed by atoms with van der Waals surface area (Å²) in [6.45, 7) is -1.27. The van der Waals surface area contributed by atoms with Gasteiger partial charge in [-0.3, -0.25) is 4.79 Å². The third-order valence-corrected chi connectivity index (χ3v) is 4.73. The molecule has 2 fully saturated rings. The fourth-order valence-electron chi connectivity index (χ4n) is 3.11. The lowest BCUT2D eigenvalue weighted by Gasteiger charge is -2.34. The first-order valence-corrected chi connectivity index (χ1v) is 7.25. The Balaban J connectivity index is 2.12. The highest BCUT2D eigenvalue weighted by Crippen LogP contribution is 2.55. The van der Waals surface area contributed by atoms with E-state index in [0.29, 0.717) is 31.0 Å². The first-order chi connectivity index (χ1) is 10.5. The number of halogens is 6. The Labute approximate surface area is 128 Å². The zero-order chi connectivity index (χ0) is 17.5. The molecule has 0 spiro atoms. The first-order valence-electron chi connectivity index (χ1n) is 7.25. The molecule has 2 aliphatic rings. The van der Waals surface area contributed by atoms with Crippen LogP contribution in [0.4, 0.5) is 26.3 Å². The van der Waals surface area contributed by atoms with Crippen LogP contribution in [-0.4, -0.2) is 55.5 Å². The number of carbonyl (C=O) groups is 1. The maximum atomic E-state index is 13.0. The molecule has 0 aromatic rings. The number of nitrogens with zero attached hydrogens (tertiary/aromatic N) is 1. The summed E-state index contributed by atoms with van der Waals surface area (Å²) in [5, 5.41) is 0. The molecule has 0 aliphatic carbocycles. The SMILES string of the molecule is N[C@H](C(=O)N1CCC(C(F)(F)F)(C(F)(F)F)C1)C1CCOCC1. The van der Waals surface area contributed by atoms with E-state index in [-0.39, 0.29) is 5.92 Å². The van der Waals surface area contributed by atoms with E-state index in [2.05, 4.69) is 0 Å². The Morgan fingerprint density at radius 1 is 1.13 bits per heavy atom. The smallest absolute Gasteiger partial charge is 0.381 e. The molecule has 0 bridgehead atoms. The number of likely N-dealkylation sites (tertiary alicyclic amines) is 1. The van der Waals surface area contributed by atoms with Crippen LogP contribution in [0.15, 0.2) is 0 Å². The predicted molar refractivity (Wildman–Crippen MR) is 67.3 cm³/mol. The lowest BCUT2D eigenvalue weighted by Crippen LogP contribution is -2.54. The van der Waals surface area contributed by atoms with E-state index in [9.17, 15) is 31.1 Å². The van der Waals surface area contributed by atoms with Gasteiger partial charge in [0.05, 0.1) is 6.04 Å². The number of hydrogen-bond acceptors (Lipinski definition) is 3. The largest absolute Gasteiger partial charge is 0.404 e. The molecule has 0 radical (unpaired) electrons. The van der Waals surface area contributed by atoms with Crippen LogP contribution in [0.2, 0.25) is 0 Å². The number of alkyl halides is 6. The molecule has 2 heterocycles. The molecule has 2 N–H and O–H groups in total. The maximum absolute atomic E-state index is 13.0. The van der Waals surface area contributed by atoms with Gasteiger partial charge in [0.25, 0.3) is 0 Å². The quantitative estimate of drug-likeness (QED) is 0.778. The summed E-state index contributed by atoms with van der Waals surface area (Å²) < 4.78 is 83.1. The van der Waals surface area contributed by atoms with Gasteiger partial charge in [0, 0.05) is 26.3 Å². The molecule has 0 unspecified atom stereocenters. The average molecular weight is 348 g/mol. The number of nitrogens with two attached hydrogens (primary N) is 1. The van der Waals surface area contributed by atoms with Crippen LogP contribution < -0.4 is 5.73 Å². The number of carbonyl (C=O) groups excluding carboxylic acids is 1. The molecule has 23 heavy (non-hydrogen) atoms.